The molecule has 3 aromatic heterocycles. The molecule has 0 radical (unpaired) electrons. The largest absolute Gasteiger partial charge is 0.456 e. The molecule has 4 nitrogen and oxygen atoms in total. The second-order valence-corrected chi connectivity index (χ2v) is 5.07. The highest BCUT2D eigenvalue weighted by Crippen LogP contribution is 2.28. The van der Waals surface area contributed by atoms with E-state index in [1.165, 1.54) is 5.56 Å². The fraction of sp³-hybridized carbons (Fsp3) is 0.0588. The molecule has 4 rings (SSSR count). The van der Waals surface area contributed by atoms with Gasteiger partial charge in [0, 0.05) is 23.3 Å². The van der Waals surface area contributed by atoms with Crippen LogP contribution in [0, 0.1) is 18.3 Å². The van der Waals surface area contributed by atoms with Crippen molar-refractivity contribution in [3.05, 3.63) is 60.0 Å². The lowest BCUT2D eigenvalue weighted by molar-refractivity contribution is 0.631. The lowest BCUT2D eigenvalue weighted by Crippen LogP contribution is -1.83. The Bertz CT molecular complexity index is 1020. The van der Waals surface area contributed by atoms with E-state index in [9.17, 15) is 0 Å². The van der Waals surface area contributed by atoms with Gasteiger partial charge in [0.05, 0.1) is 0 Å². The van der Waals surface area contributed by atoms with E-state index in [1.54, 1.807) is 6.20 Å². The van der Waals surface area contributed by atoms with Crippen molar-refractivity contribution in [2.24, 2.45) is 0 Å². The number of rotatable bonds is 1. The molecule has 0 unspecified atom stereocenters. The first-order chi connectivity index (χ1) is 10.2. The summed E-state index contributed by atoms with van der Waals surface area (Å²) in [5, 5.41) is 9.98. The number of hydrogen-bond donors (Lipinski definition) is 0. The molecule has 0 amide bonds. The number of furan rings is 1. The highest BCUT2D eigenvalue weighted by molar-refractivity contribution is 5.83. The molecule has 3 heterocycles. The van der Waals surface area contributed by atoms with Crippen LogP contribution in [0.1, 0.15) is 11.3 Å². The summed E-state index contributed by atoms with van der Waals surface area (Å²) in [5.41, 5.74) is 4.17. The van der Waals surface area contributed by atoms with Gasteiger partial charge >= 0.3 is 0 Å². The maximum atomic E-state index is 8.90. The molecule has 0 atom stereocenters. The quantitative estimate of drug-likeness (QED) is 0.528. The summed E-state index contributed by atoms with van der Waals surface area (Å²) < 4.78 is 7.76. The lowest BCUT2D eigenvalue weighted by Gasteiger charge is -1.98. The van der Waals surface area contributed by atoms with Crippen LogP contribution in [-0.2, 0) is 0 Å². The van der Waals surface area contributed by atoms with Gasteiger partial charge in [-0.25, -0.2) is 4.98 Å². The molecule has 0 aliphatic carbocycles. The molecule has 100 valence electrons. The average Bonchev–Trinajstić information content (AvgIpc) is 3.08. The number of benzene rings is 1. The second kappa shape index (κ2) is 4.22. The number of pyridine rings is 1. The third-order valence-corrected chi connectivity index (χ3v) is 3.53. The Hall–Kier alpha value is -3.06. The SMILES string of the molecule is Cc1ccc2cc(-c3ccc4nc(C#N)cn4c3)oc2c1. The second-order valence-electron chi connectivity index (χ2n) is 5.07. The van der Waals surface area contributed by atoms with Gasteiger partial charge in [0.2, 0.25) is 0 Å². The van der Waals surface area contributed by atoms with Crippen LogP contribution in [0.2, 0.25) is 0 Å². The number of imidazole rings is 1. The Morgan fingerprint density at radius 2 is 2.05 bits per heavy atom. The van der Waals surface area contributed by atoms with E-state index in [0.717, 1.165) is 27.9 Å². The first kappa shape index (κ1) is 11.7. The van der Waals surface area contributed by atoms with Gasteiger partial charge in [-0.3, -0.25) is 0 Å². The molecular formula is C17H11N3O. The molecule has 0 spiro atoms. The summed E-state index contributed by atoms with van der Waals surface area (Å²) in [4.78, 5) is 4.19. The van der Waals surface area contributed by atoms with Gasteiger partial charge in [-0.15, -0.1) is 0 Å². The molecule has 21 heavy (non-hydrogen) atoms. The molecule has 0 saturated carbocycles. The zero-order chi connectivity index (χ0) is 14.4. The highest BCUT2D eigenvalue weighted by atomic mass is 16.3. The zero-order valence-corrected chi connectivity index (χ0v) is 11.4. The minimum absolute atomic E-state index is 0.410. The van der Waals surface area contributed by atoms with Gasteiger partial charge in [0.15, 0.2) is 5.69 Å². The number of nitriles is 1. The van der Waals surface area contributed by atoms with Crippen molar-refractivity contribution in [2.75, 3.05) is 0 Å². The van der Waals surface area contributed by atoms with Gasteiger partial charge < -0.3 is 8.82 Å². The number of fused-ring (bicyclic) bond motifs is 2. The fourth-order valence-corrected chi connectivity index (χ4v) is 2.47. The van der Waals surface area contributed by atoms with Crippen molar-refractivity contribution in [2.45, 2.75) is 6.92 Å². The maximum Gasteiger partial charge on any atom is 0.159 e. The summed E-state index contributed by atoms with van der Waals surface area (Å²) in [6.07, 6.45) is 3.64. The molecule has 0 N–H and O–H groups in total. The van der Waals surface area contributed by atoms with Gasteiger partial charge in [0.1, 0.15) is 23.1 Å². The number of nitrogens with zero attached hydrogens (tertiary/aromatic N) is 3. The van der Waals surface area contributed by atoms with Gasteiger partial charge in [0.25, 0.3) is 0 Å². The zero-order valence-electron chi connectivity index (χ0n) is 11.4. The number of aromatic nitrogens is 2. The van der Waals surface area contributed by atoms with E-state index in [2.05, 4.69) is 17.1 Å². The minimum atomic E-state index is 0.410. The Kier molecular flexibility index (Phi) is 2.36. The fourth-order valence-electron chi connectivity index (χ4n) is 2.47. The Balaban J connectivity index is 1.89. The third kappa shape index (κ3) is 1.87. The van der Waals surface area contributed by atoms with E-state index in [0.29, 0.717) is 5.69 Å². The van der Waals surface area contributed by atoms with Crippen LogP contribution >= 0.6 is 0 Å². The van der Waals surface area contributed by atoms with Gasteiger partial charge in [-0.05, 0) is 36.8 Å². The lowest BCUT2D eigenvalue weighted by atomic mass is 10.1. The van der Waals surface area contributed by atoms with Crippen molar-refractivity contribution in [3.63, 3.8) is 0 Å². The molecule has 0 bridgehead atoms. The molecule has 0 saturated heterocycles. The van der Waals surface area contributed by atoms with Gasteiger partial charge in [-0.1, -0.05) is 12.1 Å². The van der Waals surface area contributed by atoms with Crippen molar-refractivity contribution in [1.82, 2.24) is 9.38 Å². The molecule has 0 aliphatic heterocycles. The Labute approximate surface area is 120 Å². The monoisotopic (exact) mass is 273 g/mol. The van der Waals surface area contributed by atoms with Crippen molar-refractivity contribution < 1.29 is 4.42 Å². The first-order valence-electron chi connectivity index (χ1n) is 6.62. The molecular weight excluding hydrogens is 262 g/mol. The number of hydrogen-bond acceptors (Lipinski definition) is 3. The van der Waals surface area contributed by atoms with Crippen LogP contribution in [0.15, 0.2) is 53.2 Å². The number of aryl methyl sites for hydroxylation is 1. The van der Waals surface area contributed by atoms with E-state index >= 15 is 0 Å². The Morgan fingerprint density at radius 3 is 2.90 bits per heavy atom. The maximum absolute atomic E-state index is 8.90. The van der Waals surface area contributed by atoms with E-state index in [4.69, 9.17) is 9.68 Å². The van der Waals surface area contributed by atoms with Crippen LogP contribution in [0.4, 0.5) is 0 Å². The normalized spacial score (nSPS) is 11.0. The molecule has 0 aliphatic rings. The van der Waals surface area contributed by atoms with Crippen molar-refractivity contribution in [1.29, 1.82) is 5.26 Å². The predicted octanol–water partition coefficient (Wildman–Crippen LogP) is 3.93. The summed E-state index contributed by atoms with van der Waals surface area (Å²) >= 11 is 0. The van der Waals surface area contributed by atoms with Crippen LogP contribution in [0.3, 0.4) is 0 Å². The standard InChI is InChI=1S/C17H11N3O/c1-11-2-3-12-7-16(21-15(12)6-11)13-4-5-17-19-14(8-18)10-20(17)9-13/h2-7,9-10H,1H3. The summed E-state index contributed by atoms with van der Waals surface area (Å²) in [6.45, 7) is 2.04. The van der Waals surface area contributed by atoms with E-state index in [1.807, 2.05) is 47.9 Å². The van der Waals surface area contributed by atoms with E-state index in [-0.39, 0.29) is 0 Å². The van der Waals surface area contributed by atoms with Gasteiger partial charge in [-0.2, -0.15) is 5.26 Å². The van der Waals surface area contributed by atoms with Crippen LogP contribution in [0.5, 0.6) is 0 Å². The molecule has 4 aromatic rings. The minimum Gasteiger partial charge on any atom is -0.456 e. The molecule has 4 heteroatoms. The van der Waals surface area contributed by atoms with Crippen LogP contribution in [-0.4, -0.2) is 9.38 Å². The first-order valence-corrected chi connectivity index (χ1v) is 6.62. The average molecular weight is 273 g/mol. The topological polar surface area (TPSA) is 54.2 Å². The van der Waals surface area contributed by atoms with Crippen molar-refractivity contribution >= 4 is 16.6 Å². The highest BCUT2D eigenvalue weighted by Gasteiger charge is 2.08. The van der Waals surface area contributed by atoms with Crippen LogP contribution in [0.25, 0.3) is 27.9 Å². The Morgan fingerprint density at radius 1 is 1.14 bits per heavy atom. The van der Waals surface area contributed by atoms with Crippen LogP contribution < -0.4 is 0 Å². The van der Waals surface area contributed by atoms with Crippen molar-refractivity contribution in [3.8, 4) is 17.4 Å². The predicted molar refractivity (Wildman–Crippen MR) is 79.9 cm³/mol. The third-order valence-electron chi connectivity index (χ3n) is 3.53. The summed E-state index contributed by atoms with van der Waals surface area (Å²) in [5.74, 6) is 0.810. The van der Waals surface area contributed by atoms with E-state index < -0.39 is 0 Å². The summed E-state index contributed by atoms with van der Waals surface area (Å²) in [6, 6.07) is 14.1. The smallest absolute Gasteiger partial charge is 0.159 e. The molecule has 1 aromatic carbocycles. The summed E-state index contributed by atoms with van der Waals surface area (Å²) in [7, 11) is 0. The molecule has 0 fully saturated rings.